The topological polar surface area (TPSA) is 106 Å². The molecule has 9 nitrogen and oxygen atoms in total. The van der Waals surface area contributed by atoms with Gasteiger partial charge in [-0.15, -0.1) is 0 Å². The normalized spacial score (nSPS) is 17.8. The van der Waals surface area contributed by atoms with Crippen LogP contribution in [-0.2, 0) is 19.1 Å². The standard InChI is InChI=1S/C20H19BrClN3O6S/c21-15-3-4-17(32-15)31-19(28)24-20(10-30-11-20)18(27)23-12-1-2-14(13(22)9-12)25-6-8-29-7-5-16(25)26/h1-4,9H,5-8,10-11H2,(H,23,27)(H,24,28). The molecule has 2 aliphatic heterocycles. The molecule has 0 saturated carbocycles. The average Bonchev–Trinajstić information content (AvgIpc) is 3.00. The molecule has 12 heteroatoms. The third kappa shape index (κ3) is 5.07. The van der Waals surface area contributed by atoms with Gasteiger partial charge in [0.2, 0.25) is 5.91 Å². The summed E-state index contributed by atoms with van der Waals surface area (Å²) in [6.07, 6.45) is -0.477. The lowest BCUT2D eigenvalue weighted by Crippen LogP contribution is -2.69. The number of nitrogens with one attached hydrogen (secondary N) is 2. The molecule has 2 saturated heterocycles. The number of carbonyl (C=O) groups excluding carboxylic acids is 3. The fraction of sp³-hybridized carbons (Fsp3) is 0.350. The number of nitrogens with zero attached hydrogens (tertiary/aromatic N) is 1. The number of thiophene rings is 1. The molecule has 0 bridgehead atoms. The highest BCUT2D eigenvalue weighted by Gasteiger charge is 2.48. The lowest BCUT2D eigenvalue weighted by molar-refractivity contribution is -0.141. The molecule has 1 aromatic carbocycles. The van der Waals surface area contributed by atoms with E-state index in [2.05, 4.69) is 26.6 Å². The van der Waals surface area contributed by atoms with Gasteiger partial charge in [-0.2, -0.15) is 0 Å². The van der Waals surface area contributed by atoms with Crippen LogP contribution in [0.1, 0.15) is 6.42 Å². The van der Waals surface area contributed by atoms with E-state index in [9.17, 15) is 14.4 Å². The van der Waals surface area contributed by atoms with Gasteiger partial charge in [0, 0.05) is 12.2 Å². The van der Waals surface area contributed by atoms with Gasteiger partial charge in [0.05, 0.1) is 47.3 Å². The quantitative estimate of drug-likeness (QED) is 0.598. The maximum Gasteiger partial charge on any atom is 0.414 e. The van der Waals surface area contributed by atoms with Crippen LogP contribution in [0.5, 0.6) is 5.06 Å². The molecule has 0 spiro atoms. The number of hydrogen-bond acceptors (Lipinski definition) is 7. The Hall–Kier alpha value is -2.18. The van der Waals surface area contributed by atoms with E-state index < -0.39 is 17.5 Å². The molecule has 2 aromatic rings. The van der Waals surface area contributed by atoms with Gasteiger partial charge >= 0.3 is 6.09 Å². The van der Waals surface area contributed by atoms with Gasteiger partial charge < -0.3 is 29.7 Å². The van der Waals surface area contributed by atoms with Crippen LogP contribution in [-0.4, -0.2) is 56.4 Å². The van der Waals surface area contributed by atoms with Crippen LogP contribution in [0.15, 0.2) is 34.1 Å². The zero-order chi connectivity index (χ0) is 22.7. The maximum atomic E-state index is 12.9. The van der Waals surface area contributed by atoms with Crippen molar-refractivity contribution >= 4 is 68.2 Å². The van der Waals surface area contributed by atoms with Crippen molar-refractivity contribution in [2.24, 2.45) is 0 Å². The van der Waals surface area contributed by atoms with E-state index in [1.807, 2.05) is 0 Å². The van der Waals surface area contributed by atoms with Crippen molar-refractivity contribution < 1.29 is 28.6 Å². The summed E-state index contributed by atoms with van der Waals surface area (Å²) in [6, 6.07) is 8.27. The molecule has 2 fully saturated rings. The number of carbonyl (C=O) groups is 3. The van der Waals surface area contributed by atoms with Crippen LogP contribution in [0.2, 0.25) is 5.02 Å². The molecule has 1 aromatic heterocycles. The smallest absolute Gasteiger partial charge is 0.399 e. The first-order chi connectivity index (χ1) is 15.4. The van der Waals surface area contributed by atoms with Gasteiger partial charge in [-0.25, -0.2) is 4.79 Å². The zero-order valence-electron chi connectivity index (χ0n) is 16.7. The Morgan fingerprint density at radius 1 is 1.19 bits per heavy atom. The number of benzene rings is 1. The van der Waals surface area contributed by atoms with Gasteiger partial charge in [0.1, 0.15) is 0 Å². The fourth-order valence-electron chi connectivity index (χ4n) is 3.22. The minimum Gasteiger partial charge on any atom is -0.399 e. The van der Waals surface area contributed by atoms with Gasteiger partial charge in [-0.1, -0.05) is 22.9 Å². The Morgan fingerprint density at radius 2 is 2.00 bits per heavy atom. The number of hydrogen-bond donors (Lipinski definition) is 2. The second-order valence-electron chi connectivity index (χ2n) is 7.18. The molecule has 170 valence electrons. The second-order valence-corrected chi connectivity index (χ2v) is 10.0. The minimum atomic E-state index is -1.26. The highest BCUT2D eigenvalue weighted by Crippen LogP contribution is 2.31. The predicted molar refractivity (Wildman–Crippen MR) is 123 cm³/mol. The summed E-state index contributed by atoms with van der Waals surface area (Å²) < 4.78 is 16.6. The lowest BCUT2D eigenvalue weighted by Gasteiger charge is -2.39. The average molecular weight is 545 g/mol. The summed E-state index contributed by atoms with van der Waals surface area (Å²) in [5.74, 6) is -0.539. The summed E-state index contributed by atoms with van der Waals surface area (Å²) >= 11 is 10.9. The highest BCUT2D eigenvalue weighted by molar-refractivity contribution is 9.11. The molecule has 0 unspecified atom stereocenters. The summed E-state index contributed by atoms with van der Waals surface area (Å²) in [5.41, 5.74) is -0.286. The number of rotatable bonds is 5. The zero-order valence-corrected chi connectivity index (χ0v) is 19.8. The minimum absolute atomic E-state index is 0.0101. The van der Waals surface area contributed by atoms with Crippen LogP contribution >= 0.6 is 38.9 Å². The number of amides is 3. The van der Waals surface area contributed by atoms with Crippen LogP contribution in [0, 0.1) is 0 Å². The van der Waals surface area contributed by atoms with Crippen LogP contribution in [0.25, 0.3) is 0 Å². The third-order valence-electron chi connectivity index (χ3n) is 4.93. The van der Waals surface area contributed by atoms with Crippen molar-refractivity contribution in [3.63, 3.8) is 0 Å². The number of ether oxygens (including phenoxy) is 3. The predicted octanol–water partition coefficient (Wildman–Crippen LogP) is 3.41. The van der Waals surface area contributed by atoms with Gasteiger partial charge in [-0.05, 0) is 46.3 Å². The summed E-state index contributed by atoms with van der Waals surface area (Å²) in [4.78, 5) is 39.1. The molecule has 0 aliphatic carbocycles. The van der Waals surface area contributed by atoms with Gasteiger partial charge in [0.15, 0.2) is 10.6 Å². The molecule has 3 amide bonds. The first kappa shape index (κ1) is 23.0. The number of halogens is 2. The highest BCUT2D eigenvalue weighted by atomic mass is 79.9. The monoisotopic (exact) mass is 543 g/mol. The van der Waals surface area contributed by atoms with Gasteiger partial charge in [0.25, 0.3) is 5.91 Å². The van der Waals surface area contributed by atoms with E-state index in [1.54, 1.807) is 35.2 Å². The van der Waals surface area contributed by atoms with Crippen molar-refractivity contribution in [3.05, 3.63) is 39.1 Å². The van der Waals surface area contributed by atoms with Crippen molar-refractivity contribution in [1.82, 2.24) is 5.32 Å². The lowest BCUT2D eigenvalue weighted by atomic mass is 9.96. The molecule has 0 atom stereocenters. The fourth-order valence-corrected chi connectivity index (χ4v) is 4.69. The Kier molecular flexibility index (Phi) is 7.01. The second kappa shape index (κ2) is 9.75. The molecule has 0 radical (unpaired) electrons. The summed E-state index contributed by atoms with van der Waals surface area (Å²) in [7, 11) is 0. The first-order valence-electron chi connectivity index (χ1n) is 9.68. The van der Waals surface area contributed by atoms with E-state index in [0.717, 1.165) is 3.79 Å². The Morgan fingerprint density at radius 3 is 2.66 bits per heavy atom. The molecule has 2 aliphatic rings. The molecular formula is C20H19BrClN3O6S. The van der Waals surface area contributed by atoms with E-state index in [1.165, 1.54) is 11.3 Å². The molecule has 2 N–H and O–H groups in total. The Labute approximate surface area is 201 Å². The van der Waals surface area contributed by atoms with Gasteiger partial charge in [-0.3, -0.25) is 9.59 Å². The molecule has 4 rings (SSSR count). The van der Waals surface area contributed by atoms with E-state index in [-0.39, 0.29) is 25.5 Å². The first-order valence-corrected chi connectivity index (χ1v) is 11.7. The number of anilines is 2. The van der Waals surface area contributed by atoms with E-state index >= 15 is 0 Å². The van der Waals surface area contributed by atoms with Crippen LogP contribution in [0.4, 0.5) is 16.2 Å². The van der Waals surface area contributed by atoms with Crippen molar-refractivity contribution in [2.75, 3.05) is 43.2 Å². The summed E-state index contributed by atoms with van der Waals surface area (Å²) in [5, 5.41) is 6.04. The molecule has 3 heterocycles. The summed E-state index contributed by atoms with van der Waals surface area (Å²) in [6.45, 7) is 1.22. The van der Waals surface area contributed by atoms with Crippen LogP contribution in [0.3, 0.4) is 0 Å². The Balaban J connectivity index is 1.42. The maximum absolute atomic E-state index is 12.9. The van der Waals surface area contributed by atoms with Crippen LogP contribution < -0.4 is 20.3 Å². The third-order valence-corrected chi connectivity index (χ3v) is 6.74. The van der Waals surface area contributed by atoms with E-state index in [4.69, 9.17) is 25.8 Å². The largest absolute Gasteiger partial charge is 0.414 e. The molecular weight excluding hydrogens is 526 g/mol. The molecule has 32 heavy (non-hydrogen) atoms. The SMILES string of the molecule is O=C(NC1(C(=O)Nc2ccc(N3CCOCCC3=O)c(Cl)c2)COC1)Oc1ccc(Br)s1. The van der Waals surface area contributed by atoms with E-state index in [0.29, 0.717) is 41.2 Å². The van der Waals surface area contributed by atoms with Crippen molar-refractivity contribution in [3.8, 4) is 5.06 Å². The Bertz CT molecular complexity index is 1040. The van der Waals surface area contributed by atoms with Crippen molar-refractivity contribution in [1.29, 1.82) is 0 Å². The van der Waals surface area contributed by atoms with Crippen molar-refractivity contribution in [2.45, 2.75) is 12.0 Å².